The Balaban J connectivity index is 1.96. The van der Waals surface area contributed by atoms with Crippen LogP contribution in [0.1, 0.15) is 34.8 Å². The van der Waals surface area contributed by atoms with Gasteiger partial charge in [0.1, 0.15) is 12.4 Å². The van der Waals surface area contributed by atoms with Gasteiger partial charge >= 0.3 is 0 Å². The molecule has 2 nitrogen and oxygen atoms in total. The Kier molecular flexibility index (Phi) is 6.53. The maximum absolute atomic E-state index is 12.1. The third-order valence-electron chi connectivity index (χ3n) is 3.32. The second-order valence-electron chi connectivity index (χ2n) is 5.23. The quantitative estimate of drug-likeness (QED) is 0.512. The first-order chi connectivity index (χ1) is 10.7. The molecule has 0 amide bonds. The third-order valence-corrected chi connectivity index (χ3v) is 4.48. The Morgan fingerprint density at radius 2 is 1.91 bits per heavy atom. The number of Topliss-reactive ketones (excluding diaryl/α,β-unsaturated/α-hetero) is 1. The first-order valence-electron chi connectivity index (χ1n) is 7.59. The summed E-state index contributed by atoms with van der Waals surface area (Å²) in [6, 6.07) is 15.8. The lowest BCUT2D eigenvalue weighted by atomic mass is 10.1. The largest absolute Gasteiger partial charge is 0.489 e. The van der Waals surface area contributed by atoms with E-state index in [4.69, 9.17) is 4.74 Å². The van der Waals surface area contributed by atoms with Gasteiger partial charge < -0.3 is 4.74 Å². The van der Waals surface area contributed by atoms with E-state index in [9.17, 15) is 4.79 Å². The molecule has 0 aromatic heterocycles. The van der Waals surface area contributed by atoms with Gasteiger partial charge in [-0.1, -0.05) is 37.3 Å². The van der Waals surface area contributed by atoms with E-state index in [0.29, 0.717) is 12.4 Å². The van der Waals surface area contributed by atoms with Gasteiger partial charge in [0.2, 0.25) is 0 Å². The van der Waals surface area contributed by atoms with Crippen LogP contribution >= 0.6 is 11.8 Å². The molecular weight excluding hydrogens is 292 g/mol. The fraction of sp³-hybridized carbons (Fsp3) is 0.316. The fourth-order valence-electron chi connectivity index (χ4n) is 2.11. The van der Waals surface area contributed by atoms with Crippen LogP contribution in [0.4, 0.5) is 0 Å². The Bertz CT molecular complexity index is 608. The molecule has 0 radical (unpaired) electrons. The maximum Gasteiger partial charge on any atom is 0.172 e. The number of aryl methyl sites for hydroxylation is 1. The second kappa shape index (κ2) is 8.64. The summed E-state index contributed by atoms with van der Waals surface area (Å²) in [4.78, 5) is 12.1. The van der Waals surface area contributed by atoms with Gasteiger partial charge in [-0.2, -0.15) is 11.8 Å². The van der Waals surface area contributed by atoms with E-state index in [1.165, 1.54) is 0 Å². The highest BCUT2D eigenvalue weighted by molar-refractivity contribution is 7.99. The number of rotatable bonds is 8. The lowest BCUT2D eigenvalue weighted by Gasteiger charge is -2.10. The van der Waals surface area contributed by atoms with E-state index < -0.39 is 0 Å². The van der Waals surface area contributed by atoms with E-state index in [0.717, 1.165) is 34.6 Å². The highest BCUT2D eigenvalue weighted by atomic mass is 32.2. The van der Waals surface area contributed by atoms with E-state index in [2.05, 4.69) is 6.92 Å². The topological polar surface area (TPSA) is 26.3 Å². The van der Waals surface area contributed by atoms with E-state index >= 15 is 0 Å². The number of ether oxygens (including phenoxy) is 1. The number of carbonyl (C=O) groups excluding carboxylic acids is 1. The smallest absolute Gasteiger partial charge is 0.172 e. The van der Waals surface area contributed by atoms with Crippen LogP contribution in [0.5, 0.6) is 5.75 Å². The summed E-state index contributed by atoms with van der Waals surface area (Å²) in [6.45, 7) is 4.65. The van der Waals surface area contributed by atoms with Gasteiger partial charge in [-0.25, -0.2) is 0 Å². The molecule has 2 aromatic carbocycles. The van der Waals surface area contributed by atoms with Crippen molar-refractivity contribution >= 4 is 17.5 Å². The summed E-state index contributed by atoms with van der Waals surface area (Å²) >= 11 is 1.69. The van der Waals surface area contributed by atoms with Crippen molar-refractivity contribution in [2.24, 2.45) is 0 Å². The summed E-state index contributed by atoms with van der Waals surface area (Å²) in [5.74, 6) is 2.61. The predicted molar refractivity (Wildman–Crippen MR) is 93.9 cm³/mol. The van der Waals surface area contributed by atoms with Crippen molar-refractivity contribution in [2.75, 3.05) is 11.5 Å². The molecule has 0 aliphatic rings. The van der Waals surface area contributed by atoms with Crippen molar-refractivity contribution in [3.05, 3.63) is 65.2 Å². The first-order valence-corrected chi connectivity index (χ1v) is 8.74. The SMILES string of the molecule is CCCSCC(=O)c1ccc(OCc2ccccc2)c(C)c1. The zero-order valence-electron chi connectivity index (χ0n) is 13.2. The molecule has 0 heterocycles. The summed E-state index contributed by atoms with van der Waals surface area (Å²) in [6.07, 6.45) is 1.10. The molecule has 2 rings (SSSR count). The van der Waals surface area contributed by atoms with Gasteiger partial charge in [0, 0.05) is 5.56 Å². The normalized spacial score (nSPS) is 10.5. The van der Waals surface area contributed by atoms with Gasteiger partial charge in [-0.05, 0) is 48.4 Å². The summed E-state index contributed by atoms with van der Waals surface area (Å²) in [5.41, 5.74) is 2.91. The van der Waals surface area contributed by atoms with Crippen LogP contribution in [0.2, 0.25) is 0 Å². The number of hydrogen-bond donors (Lipinski definition) is 0. The van der Waals surface area contributed by atoms with Gasteiger partial charge in [-0.15, -0.1) is 0 Å². The van der Waals surface area contributed by atoms with Crippen LogP contribution in [0.15, 0.2) is 48.5 Å². The zero-order chi connectivity index (χ0) is 15.8. The second-order valence-corrected chi connectivity index (χ2v) is 6.34. The van der Waals surface area contributed by atoms with Crippen LogP contribution in [0.3, 0.4) is 0 Å². The van der Waals surface area contributed by atoms with Gasteiger partial charge in [0.05, 0.1) is 5.75 Å². The highest BCUT2D eigenvalue weighted by Crippen LogP contribution is 2.21. The average Bonchev–Trinajstić information content (AvgIpc) is 2.54. The molecule has 0 N–H and O–H groups in total. The minimum absolute atomic E-state index is 0.191. The molecule has 2 aromatic rings. The molecule has 0 atom stereocenters. The molecule has 0 bridgehead atoms. The van der Waals surface area contributed by atoms with E-state index in [-0.39, 0.29) is 5.78 Å². The van der Waals surface area contributed by atoms with E-state index in [1.54, 1.807) is 11.8 Å². The minimum atomic E-state index is 0.191. The van der Waals surface area contributed by atoms with Crippen LogP contribution in [-0.2, 0) is 6.61 Å². The fourth-order valence-corrected chi connectivity index (χ4v) is 2.90. The zero-order valence-corrected chi connectivity index (χ0v) is 14.0. The molecule has 22 heavy (non-hydrogen) atoms. The number of benzene rings is 2. The van der Waals surface area contributed by atoms with Crippen molar-refractivity contribution in [1.82, 2.24) is 0 Å². The first kappa shape index (κ1) is 16.6. The van der Waals surface area contributed by atoms with Crippen LogP contribution in [0, 0.1) is 6.92 Å². The third kappa shape index (κ3) is 4.92. The Morgan fingerprint density at radius 3 is 2.59 bits per heavy atom. The van der Waals surface area contributed by atoms with Gasteiger partial charge in [-0.3, -0.25) is 4.79 Å². The molecule has 116 valence electrons. The number of ketones is 1. The summed E-state index contributed by atoms with van der Waals surface area (Å²) in [7, 11) is 0. The Morgan fingerprint density at radius 1 is 1.14 bits per heavy atom. The average molecular weight is 314 g/mol. The lowest BCUT2D eigenvalue weighted by Crippen LogP contribution is -2.04. The molecule has 0 aliphatic carbocycles. The van der Waals surface area contributed by atoms with E-state index in [1.807, 2.05) is 55.5 Å². The highest BCUT2D eigenvalue weighted by Gasteiger charge is 2.08. The Labute approximate surface area is 136 Å². The van der Waals surface area contributed by atoms with Crippen LogP contribution in [0.25, 0.3) is 0 Å². The van der Waals surface area contributed by atoms with Crippen molar-refractivity contribution in [1.29, 1.82) is 0 Å². The number of thioether (sulfide) groups is 1. The summed E-state index contributed by atoms with van der Waals surface area (Å²) in [5, 5.41) is 0. The minimum Gasteiger partial charge on any atom is -0.489 e. The standard InChI is InChI=1S/C19H22O2S/c1-3-11-22-14-18(20)17-9-10-19(15(2)12-17)21-13-16-7-5-4-6-8-16/h4-10,12H,3,11,13-14H2,1-2H3. The van der Waals surface area contributed by atoms with Crippen molar-refractivity contribution < 1.29 is 9.53 Å². The van der Waals surface area contributed by atoms with Gasteiger partial charge in [0.25, 0.3) is 0 Å². The molecule has 0 saturated carbocycles. The monoisotopic (exact) mass is 314 g/mol. The number of carbonyl (C=O) groups is 1. The predicted octanol–water partition coefficient (Wildman–Crippen LogP) is 4.90. The molecular formula is C19H22O2S. The summed E-state index contributed by atoms with van der Waals surface area (Å²) < 4.78 is 5.84. The maximum atomic E-state index is 12.1. The molecule has 3 heteroatoms. The lowest BCUT2D eigenvalue weighted by molar-refractivity contribution is 0.102. The molecule has 0 saturated heterocycles. The van der Waals surface area contributed by atoms with Crippen molar-refractivity contribution in [3.63, 3.8) is 0 Å². The molecule has 0 unspecified atom stereocenters. The van der Waals surface area contributed by atoms with Crippen LogP contribution in [-0.4, -0.2) is 17.3 Å². The number of hydrogen-bond acceptors (Lipinski definition) is 3. The van der Waals surface area contributed by atoms with Crippen molar-refractivity contribution in [3.8, 4) is 5.75 Å². The van der Waals surface area contributed by atoms with Gasteiger partial charge in [0.15, 0.2) is 5.78 Å². The molecule has 0 fully saturated rings. The van der Waals surface area contributed by atoms with Crippen molar-refractivity contribution in [2.45, 2.75) is 26.9 Å². The molecule has 0 spiro atoms. The van der Waals surface area contributed by atoms with Crippen LogP contribution < -0.4 is 4.74 Å². The Hall–Kier alpha value is -1.74. The molecule has 0 aliphatic heterocycles.